The third-order valence-electron chi connectivity index (χ3n) is 1.65. The Labute approximate surface area is 94.1 Å². The Morgan fingerprint density at radius 1 is 1.33 bits per heavy atom. The molecule has 2 aromatic heterocycles. The molecule has 0 radical (unpaired) electrons. The maximum absolute atomic E-state index is 8.18. The van der Waals surface area contributed by atoms with Crippen LogP contribution in [0.15, 0.2) is 15.9 Å². The molecule has 0 spiro atoms. The fraction of sp³-hybridized carbons (Fsp3) is 0.250. The molecule has 0 aliphatic carbocycles. The second kappa shape index (κ2) is 4.39. The maximum atomic E-state index is 8.18. The molecule has 0 aliphatic rings. The lowest BCUT2D eigenvalue weighted by atomic mass is 10.5. The van der Waals surface area contributed by atoms with Gasteiger partial charge in [-0.3, -0.25) is 0 Å². The van der Waals surface area contributed by atoms with Crippen molar-refractivity contribution in [1.82, 2.24) is 9.97 Å². The first-order chi connectivity index (χ1) is 7.29. The summed E-state index contributed by atoms with van der Waals surface area (Å²) in [6, 6.07) is 0. The van der Waals surface area contributed by atoms with Crippen molar-refractivity contribution in [1.29, 1.82) is 0 Å². The summed E-state index contributed by atoms with van der Waals surface area (Å²) in [4.78, 5) is 11.4. The Hall–Kier alpha value is -1.43. The zero-order valence-electron chi connectivity index (χ0n) is 7.91. The molecule has 5 nitrogen and oxygen atoms in total. The van der Waals surface area contributed by atoms with Crippen LogP contribution < -0.4 is 0 Å². The summed E-state index contributed by atoms with van der Waals surface area (Å²) in [5.41, 5.74) is 9.97. The first-order valence-corrected chi connectivity index (χ1v) is 5.93. The molecule has 15 heavy (non-hydrogen) atoms. The van der Waals surface area contributed by atoms with E-state index in [4.69, 9.17) is 5.53 Å². The fourth-order valence-corrected chi connectivity index (χ4v) is 2.69. The number of thiazole rings is 2. The van der Waals surface area contributed by atoms with Crippen LogP contribution in [0, 0.1) is 6.92 Å². The zero-order valence-corrected chi connectivity index (χ0v) is 9.55. The number of hydrogen-bond acceptors (Lipinski definition) is 5. The minimum Gasteiger partial charge on any atom is -0.239 e. The molecular weight excluding hydrogens is 230 g/mol. The van der Waals surface area contributed by atoms with Gasteiger partial charge in [-0.1, -0.05) is 5.11 Å². The molecule has 0 amide bonds. The van der Waals surface area contributed by atoms with Crippen LogP contribution in [0.1, 0.15) is 11.4 Å². The van der Waals surface area contributed by atoms with E-state index in [1.54, 1.807) is 11.3 Å². The summed E-state index contributed by atoms with van der Waals surface area (Å²) < 4.78 is 0. The molecule has 2 heterocycles. The second-order valence-electron chi connectivity index (χ2n) is 2.83. The number of azide groups is 1. The average molecular weight is 237 g/mol. The molecule has 0 bridgehead atoms. The van der Waals surface area contributed by atoms with E-state index in [1.165, 1.54) is 11.3 Å². The molecule has 0 aromatic carbocycles. The zero-order chi connectivity index (χ0) is 10.7. The van der Waals surface area contributed by atoms with Gasteiger partial charge >= 0.3 is 0 Å². The minimum absolute atomic E-state index is 0.303. The predicted octanol–water partition coefficient (Wildman–Crippen LogP) is 3.39. The molecule has 0 N–H and O–H groups in total. The van der Waals surface area contributed by atoms with E-state index in [0.29, 0.717) is 6.54 Å². The lowest BCUT2D eigenvalue weighted by Crippen LogP contribution is -1.80. The van der Waals surface area contributed by atoms with Crippen LogP contribution in [-0.2, 0) is 6.54 Å². The van der Waals surface area contributed by atoms with E-state index < -0.39 is 0 Å². The van der Waals surface area contributed by atoms with E-state index in [1.807, 2.05) is 17.7 Å². The number of nitrogens with zero attached hydrogens (tertiary/aromatic N) is 5. The van der Waals surface area contributed by atoms with Crippen LogP contribution in [0.25, 0.3) is 20.5 Å². The molecule has 0 saturated carbocycles. The van der Waals surface area contributed by atoms with Crippen LogP contribution >= 0.6 is 22.7 Å². The summed E-state index contributed by atoms with van der Waals surface area (Å²) in [6.45, 7) is 2.26. The molecule has 0 unspecified atom stereocenters. The van der Waals surface area contributed by atoms with Gasteiger partial charge in [-0.05, 0) is 12.5 Å². The summed E-state index contributed by atoms with van der Waals surface area (Å²) in [7, 11) is 0. The molecule has 0 saturated heterocycles. The highest BCUT2D eigenvalue weighted by atomic mass is 32.1. The molecule has 0 fully saturated rings. The maximum Gasteiger partial charge on any atom is 0.152 e. The van der Waals surface area contributed by atoms with Gasteiger partial charge in [0.1, 0.15) is 0 Å². The van der Waals surface area contributed by atoms with Crippen molar-refractivity contribution in [2.24, 2.45) is 5.11 Å². The number of aromatic nitrogens is 2. The van der Waals surface area contributed by atoms with Gasteiger partial charge in [0.05, 0.1) is 12.2 Å². The van der Waals surface area contributed by atoms with Gasteiger partial charge in [-0.25, -0.2) is 9.97 Å². The minimum atomic E-state index is 0.303. The Bertz CT molecular complexity index is 509. The molecule has 76 valence electrons. The summed E-state index contributed by atoms with van der Waals surface area (Å²) in [5.74, 6) is 0. The van der Waals surface area contributed by atoms with E-state index in [9.17, 15) is 0 Å². The van der Waals surface area contributed by atoms with Gasteiger partial charge in [0.15, 0.2) is 10.0 Å². The van der Waals surface area contributed by atoms with Gasteiger partial charge < -0.3 is 0 Å². The fourth-order valence-electron chi connectivity index (χ4n) is 1.03. The average Bonchev–Trinajstić information content (AvgIpc) is 2.83. The van der Waals surface area contributed by atoms with E-state index in [2.05, 4.69) is 20.0 Å². The smallest absolute Gasteiger partial charge is 0.152 e. The van der Waals surface area contributed by atoms with Crippen molar-refractivity contribution in [3.05, 3.63) is 32.6 Å². The number of hydrogen-bond donors (Lipinski definition) is 0. The van der Waals surface area contributed by atoms with E-state index >= 15 is 0 Å². The monoisotopic (exact) mass is 237 g/mol. The van der Waals surface area contributed by atoms with Crippen molar-refractivity contribution < 1.29 is 0 Å². The van der Waals surface area contributed by atoms with Gasteiger partial charge in [0, 0.05) is 21.4 Å². The van der Waals surface area contributed by atoms with Crippen LogP contribution in [0.3, 0.4) is 0 Å². The number of rotatable bonds is 3. The molecular formula is C8H7N5S2. The first kappa shape index (κ1) is 10.1. The van der Waals surface area contributed by atoms with Crippen molar-refractivity contribution in [3.63, 3.8) is 0 Å². The highest BCUT2D eigenvalue weighted by molar-refractivity contribution is 7.19. The van der Waals surface area contributed by atoms with E-state index in [0.717, 1.165) is 21.4 Å². The Kier molecular flexibility index (Phi) is 2.96. The van der Waals surface area contributed by atoms with E-state index in [-0.39, 0.29) is 0 Å². The highest BCUT2D eigenvalue weighted by Crippen LogP contribution is 2.26. The van der Waals surface area contributed by atoms with Gasteiger partial charge in [-0.2, -0.15) is 0 Å². The second-order valence-corrected chi connectivity index (χ2v) is 4.54. The van der Waals surface area contributed by atoms with Crippen LogP contribution in [0.2, 0.25) is 0 Å². The lowest BCUT2D eigenvalue weighted by molar-refractivity contribution is 0.996. The normalized spacial score (nSPS) is 9.93. The lowest BCUT2D eigenvalue weighted by Gasteiger charge is -1.86. The van der Waals surface area contributed by atoms with Crippen LogP contribution in [-0.4, -0.2) is 9.97 Å². The summed E-state index contributed by atoms with van der Waals surface area (Å²) in [6.07, 6.45) is 0. The number of aryl methyl sites for hydroxylation is 1. The summed E-state index contributed by atoms with van der Waals surface area (Å²) in [5, 5.41) is 9.15. The van der Waals surface area contributed by atoms with Crippen LogP contribution in [0.5, 0.6) is 0 Å². The van der Waals surface area contributed by atoms with Crippen molar-refractivity contribution in [2.75, 3.05) is 0 Å². The predicted molar refractivity (Wildman–Crippen MR) is 60.8 cm³/mol. The Balaban J connectivity index is 2.23. The third-order valence-corrected chi connectivity index (χ3v) is 3.64. The molecule has 2 rings (SSSR count). The van der Waals surface area contributed by atoms with Crippen LogP contribution in [0.4, 0.5) is 0 Å². The largest absolute Gasteiger partial charge is 0.239 e. The SMILES string of the molecule is Cc1csc(-c2nc(CN=[N+]=[N-])cs2)n1. The Morgan fingerprint density at radius 2 is 2.07 bits per heavy atom. The van der Waals surface area contributed by atoms with Crippen molar-refractivity contribution in [3.8, 4) is 10.0 Å². The Morgan fingerprint density at radius 3 is 2.73 bits per heavy atom. The van der Waals surface area contributed by atoms with Crippen molar-refractivity contribution in [2.45, 2.75) is 13.5 Å². The van der Waals surface area contributed by atoms with Crippen molar-refractivity contribution >= 4 is 22.7 Å². The third kappa shape index (κ3) is 2.33. The summed E-state index contributed by atoms with van der Waals surface area (Å²) >= 11 is 3.09. The molecule has 2 aromatic rings. The van der Waals surface area contributed by atoms with Gasteiger partial charge in [0.25, 0.3) is 0 Å². The van der Waals surface area contributed by atoms with Gasteiger partial charge in [-0.15, -0.1) is 22.7 Å². The standard InChI is InChI=1S/C8H7N5S2/c1-5-3-14-7(11-5)8-12-6(4-15-8)2-10-13-9/h3-4H,2H2,1H3. The van der Waals surface area contributed by atoms with Gasteiger partial charge in [0.2, 0.25) is 0 Å². The topological polar surface area (TPSA) is 74.5 Å². The molecule has 0 atom stereocenters. The quantitative estimate of drug-likeness (QED) is 0.466. The highest BCUT2D eigenvalue weighted by Gasteiger charge is 2.07. The molecule has 7 heteroatoms. The molecule has 0 aliphatic heterocycles. The first-order valence-electron chi connectivity index (χ1n) is 4.17.